The minimum Gasteiger partial charge on any atom is -0.384 e. The van der Waals surface area contributed by atoms with Gasteiger partial charge in [0.05, 0.1) is 10.5 Å². The Bertz CT molecular complexity index is 606. The fraction of sp³-hybridized carbons (Fsp3) is 0. The van der Waals surface area contributed by atoms with Gasteiger partial charge < -0.3 is 5.73 Å². The summed E-state index contributed by atoms with van der Waals surface area (Å²) in [5.74, 6) is -1.06. The highest BCUT2D eigenvalue weighted by atomic mass is 32.2. The SMILES string of the molecule is N=NC(=N)c1c(C(=N)N)cccc1S(N)(=O)=O. The van der Waals surface area contributed by atoms with Crippen LogP contribution in [0.3, 0.4) is 0 Å². The maximum Gasteiger partial charge on any atom is 0.238 e. The van der Waals surface area contributed by atoms with E-state index in [1.54, 1.807) is 0 Å². The third-order valence-electron chi connectivity index (χ3n) is 1.97. The summed E-state index contributed by atoms with van der Waals surface area (Å²) in [5.41, 5.74) is 11.8. The molecular weight excluding hydrogens is 244 g/mol. The van der Waals surface area contributed by atoms with Gasteiger partial charge in [-0.2, -0.15) is 0 Å². The van der Waals surface area contributed by atoms with Crippen molar-refractivity contribution in [3.8, 4) is 0 Å². The van der Waals surface area contributed by atoms with Crippen LogP contribution in [0.5, 0.6) is 0 Å². The number of sulfonamides is 1. The predicted molar refractivity (Wildman–Crippen MR) is 60.8 cm³/mol. The molecule has 0 bridgehead atoms. The van der Waals surface area contributed by atoms with Crippen molar-refractivity contribution in [2.24, 2.45) is 16.0 Å². The number of hydrogen-bond donors (Lipinski definition) is 5. The third-order valence-corrected chi connectivity index (χ3v) is 2.92. The standard InChI is InChI=1S/C8H10N6O2S/c9-7(10)4-2-1-3-5(17(13,15)16)6(4)8(11)14-12/h1-3,11-12H,(H3,9,10)(H2,13,15,16). The molecule has 17 heavy (non-hydrogen) atoms. The van der Waals surface area contributed by atoms with Gasteiger partial charge in [-0.3, -0.25) is 10.8 Å². The first-order valence-corrected chi connectivity index (χ1v) is 5.80. The van der Waals surface area contributed by atoms with E-state index in [-0.39, 0.29) is 16.0 Å². The van der Waals surface area contributed by atoms with Crippen molar-refractivity contribution in [3.05, 3.63) is 29.3 Å². The van der Waals surface area contributed by atoms with Crippen LogP contribution in [0.25, 0.3) is 0 Å². The van der Waals surface area contributed by atoms with Crippen LogP contribution in [0.4, 0.5) is 0 Å². The van der Waals surface area contributed by atoms with Gasteiger partial charge in [0.25, 0.3) is 0 Å². The molecule has 0 aliphatic carbocycles. The van der Waals surface area contributed by atoms with Crippen LogP contribution in [0, 0.1) is 16.3 Å². The molecule has 0 saturated heterocycles. The zero-order valence-corrected chi connectivity index (χ0v) is 9.38. The van der Waals surface area contributed by atoms with Gasteiger partial charge in [0.2, 0.25) is 10.0 Å². The number of nitrogen functional groups attached to an aromatic ring is 1. The van der Waals surface area contributed by atoms with Crippen LogP contribution >= 0.6 is 0 Å². The number of benzene rings is 1. The molecule has 0 fully saturated rings. The van der Waals surface area contributed by atoms with E-state index in [0.717, 1.165) is 6.07 Å². The lowest BCUT2D eigenvalue weighted by atomic mass is 10.1. The Morgan fingerprint density at radius 3 is 2.29 bits per heavy atom. The molecule has 8 nitrogen and oxygen atoms in total. The zero-order valence-electron chi connectivity index (χ0n) is 8.56. The van der Waals surface area contributed by atoms with Crippen molar-refractivity contribution in [1.29, 1.82) is 16.3 Å². The number of nitrogens with zero attached hydrogens (tertiary/aromatic N) is 1. The van der Waals surface area contributed by atoms with Gasteiger partial charge in [-0.05, 0) is 6.07 Å². The first kappa shape index (κ1) is 12.9. The second-order valence-corrected chi connectivity index (χ2v) is 4.63. The minimum atomic E-state index is -4.08. The highest BCUT2D eigenvalue weighted by Gasteiger charge is 2.21. The maximum atomic E-state index is 11.3. The molecule has 0 aromatic heterocycles. The van der Waals surface area contributed by atoms with E-state index in [1.807, 2.05) is 0 Å². The Balaban J connectivity index is 3.75. The van der Waals surface area contributed by atoms with Gasteiger partial charge in [-0.25, -0.2) is 19.1 Å². The van der Waals surface area contributed by atoms with Crippen molar-refractivity contribution in [2.75, 3.05) is 0 Å². The number of rotatable bonds is 3. The number of hydrogen-bond acceptors (Lipinski definition) is 5. The number of nitrogens with two attached hydrogens (primary N) is 2. The largest absolute Gasteiger partial charge is 0.384 e. The van der Waals surface area contributed by atoms with Gasteiger partial charge >= 0.3 is 0 Å². The molecule has 0 spiro atoms. The molecule has 0 heterocycles. The Labute approximate surface area is 97.2 Å². The van der Waals surface area contributed by atoms with Crippen molar-refractivity contribution in [3.63, 3.8) is 0 Å². The van der Waals surface area contributed by atoms with Crippen LogP contribution in [0.15, 0.2) is 28.2 Å². The molecule has 1 aromatic rings. The molecule has 0 aliphatic rings. The topological polar surface area (TPSA) is 170 Å². The van der Waals surface area contributed by atoms with Crippen LogP contribution < -0.4 is 10.9 Å². The monoisotopic (exact) mass is 254 g/mol. The van der Waals surface area contributed by atoms with E-state index in [1.165, 1.54) is 12.1 Å². The van der Waals surface area contributed by atoms with Crippen molar-refractivity contribution < 1.29 is 8.42 Å². The number of primary sulfonamides is 1. The summed E-state index contributed by atoms with van der Waals surface area (Å²) in [4.78, 5) is -0.383. The van der Waals surface area contributed by atoms with Gasteiger partial charge in [-0.1, -0.05) is 12.1 Å². The van der Waals surface area contributed by atoms with Crippen molar-refractivity contribution in [2.45, 2.75) is 4.90 Å². The van der Waals surface area contributed by atoms with E-state index in [9.17, 15) is 8.42 Å². The maximum absolute atomic E-state index is 11.3. The third kappa shape index (κ3) is 2.52. The lowest BCUT2D eigenvalue weighted by Crippen LogP contribution is -2.21. The molecule has 7 N–H and O–H groups in total. The molecule has 0 radical (unpaired) electrons. The zero-order chi connectivity index (χ0) is 13.2. The molecule has 0 aliphatic heterocycles. The number of amidine groups is 2. The molecule has 0 saturated carbocycles. The highest BCUT2D eigenvalue weighted by Crippen LogP contribution is 2.19. The van der Waals surface area contributed by atoms with E-state index in [0.29, 0.717) is 0 Å². The summed E-state index contributed by atoms with van der Waals surface area (Å²) in [6.07, 6.45) is 0. The highest BCUT2D eigenvalue weighted by molar-refractivity contribution is 7.89. The first-order chi connectivity index (χ1) is 7.79. The lowest BCUT2D eigenvalue weighted by molar-refractivity contribution is 0.597. The summed E-state index contributed by atoms with van der Waals surface area (Å²) < 4.78 is 22.6. The summed E-state index contributed by atoms with van der Waals surface area (Å²) in [6, 6.07) is 3.86. The Morgan fingerprint density at radius 2 is 1.88 bits per heavy atom. The summed E-state index contributed by atoms with van der Waals surface area (Å²) >= 11 is 0. The summed E-state index contributed by atoms with van der Waals surface area (Å²) in [5, 5.41) is 22.5. The van der Waals surface area contributed by atoms with Gasteiger partial charge in [-0.15, -0.1) is 5.11 Å². The molecule has 0 amide bonds. The normalized spacial score (nSPS) is 10.9. The average Bonchev–Trinajstić information content (AvgIpc) is 2.25. The quantitative estimate of drug-likeness (QED) is 0.290. The minimum absolute atomic E-state index is 0.00229. The van der Waals surface area contributed by atoms with E-state index < -0.39 is 21.7 Å². The van der Waals surface area contributed by atoms with Crippen LogP contribution in [-0.4, -0.2) is 20.1 Å². The Morgan fingerprint density at radius 1 is 1.29 bits per heavy atom. The van der Waals surface area contributed by atoms with E-state index in [4.69, 9.17) is 27.2 Å². The van der Waals surface area contributed by atoms with Crippen LogP contribution in [-0.2, 0) is 10.0 Å². The molecule has 90 valence electrons. The smallest absolute Gasteiger partial charge is 0.238 e. The predicted octanol–water partition coefficient (Wildman–Crippen LogP) is -0.0256. The summed E-state index contributed by atoms with van der Waals surface area (Å²) in [6.45, 7) is 0. The van der Waals surface area contributed by atoms with E-state index in [2.05, 4.69) is 5.11 Å². The van der Waals surface area contributed by atoms with Gasteiger partial charge in [0.1, 0.15) is 5.84 Å². The lowest BCUT2D eigenvalue weighted by Gasteiger charge is -2.10. The molecule has 1 rings (SSSR count). The van der Waals surface area contributed by atoms with Gasteiger partial charge in [0, 0.05) is 5.56 Å². The Hall–Kier alpha value is -2.13. The Kier molecular flexibility index (Phi) is 3.34. The fourth-order valence-electron chi connectivity index (χ4n) is 1.29. The first-order valence-electron chi connectivity index (χ1n) is 4.25. The number of nitrogens with one attached hydrogen (secondary N) is 3. The van der Waals surface area contributed by atoms with E-state index >= 15 is 0 Å². The fourth-order valence-corrected chi connectivity index (χ4v) is 2.05. The molecule has 1 aromatic carbocycles. The van der Waals surface area contributed by atoms with Crippen molar-refractivity contribution in [1.82, 2.24) is 0 Å². The molecule has 0 unspecified atom stereocenters. The van der Waals surface area contributed by atoms with Crippen LogP contribution in [0.2, 0.25) is 0 Å². The van der Waals surface area contributed by atoms with Gasteiger partial charge in [0.15, 0.2) is 5.84 Å². The average molecular weight is 254 g/mol. The molecule has 0 atom stereocenters. The molecular formula is C8H10N6O2S. The second kappa shape index (κ2) is 4.39. The van der Waals surface area contributed by atoms with Crippen molar-refractivity contribution >= 4 is 21.7 Å². The summed E-state index contributed by atoms with van der Waals surface area (Å²) in [7, 11) is -4.08. The second-order valence-electron chi connectivity index (χ2n) is 3.10. The van der Waals surface area contributed by atoms with Crippen LogP contribution in [0.1, 0.15) is 11.1 Å². The molecule has 9 heteroatoms.